The lowest BCUT2D eigenvalue weighted by Gasteiger charge is -2.29. The minimum Gasteiger partial charge on any atom is -0.479 e. The zero-order chi connectivity index (χ0) is 19.3. The first-order valence-electron chi connectivity index (χ1n) is 8.83. The summed E-state index contributed by atoms with van der Waals surface area (Å²) in [7, 11) is 0. The highest BCUT2D eigenvalue weighted by molar-refractivity contribution is 6.30. The Bertz CT molecular complexity index is 889. The lowest BCUT2D eigenvalue weighted by molar-refractivity contribution is -0.170. The second-order valence-electron chi connectivity index (χ2n) is 6.34. The summed E-state index contributed by atoms with van der Waals surface area (Å²) in [5.74, 6) is -0.978. The molecule has 1 atom stereocenters. The highest BCUT2D eigenvalue weighted by atomic mass is 35.5. The summed E-state index contributed by atoms with van der Waals surface area (Å²) >= 11 is 5.93. The molecule has 27 heavy (non-hydrogen) atoms. The maximum Gasteiger partial charge on any atom is 0.340 e. The van der Waals surface area contributed by atoms with E-state index < -0.39 is 11.6 Å². The molecule has 3 rings (SSSR count). The molecule has 3 aromatic carbocycles. The molecule has 0 saturated heterocycles. The largest absolute Gasteiger partial charge is 0.479 e. The van der Waals surface area contributed by atoms with Crippen molar-refractivity contribution in [3.63, 3.8) is 0 Å². The van der Waals surface area contributed by atoms with Crippen molar-refractivity contribution in [3.05, 3.63) is 95.0 Å². The quantitative estimate of drug-likeness (QED) is 0.553. The minimum atomic E-state index is -1.35. The van der Waals surface area contributed by atoms with Crippen LogP contribution in [0.15, 0.2) is 78.9 Å². The zero-order valence-corrected chi connectivity index (χ0v) is 15.8. The molecule has 0 aliphatic carbocycles. The summed E-state index contributed by atoms with van der Waals surface area (Å²) < 4.78 is 5.96. The summed E-state index contributed by atoms with van der Waals surface area (Å²) in [5.41, 5.74) is 2.36. The van der Waals surface area contributed by atoms with Crippen LogP contribution in [0.2, 0.25) is 5.02 Å². The zero-order valence-electron chi connectivity index (χ0n) is 15.1. The summed E-state index contributed by atoms with van der Waals surface area (Å²) in [4.78, 5) is 12.0. The average Bonchev–Trinajstić information content (AvgIpc) is 2.70. The molecule has 0 aromatic heterocycles. The van der Waals surface area contributed by atoms with Gasteiger partial charge in [-0.1, -0.05) is 85.3 Å². The molecule has 0 aliphatic heterocycles. The topological polar surface area (TPSA) is 46.5 Å². The van der Waals surface area contributed by atoms with Gasteiger partial charge in [-0.3, -0.25) is 0 Å². The van der Waals surface area contributed by atoms with Crippen molar-refractivity contribution in [2.24, 2.45) is 0 Å². The van der Waals surface area contributed by atoms with E-state index in [0.717, 1.165) is 16.7 Å². The number of carboxylic acid groups (broad SMARTS) is 1. The van der Waals surface area contributed by atoms with Gasteiger partial charge in [-0.05, 0) is 40.8 Å². The van der Waals surface area contributed by atoms with Gasteiger partial charge in [-0.2, -0.15) is 0 Å². The number of ether oxygens (including phenoxy) is 1. The summed E-state index contributed by atoms with van der Waals surface area (Å²) in [5, 5.41) is 10.5. The van der Waals surface area contributed by atoms with Gasteiger partial charge < -0.3 is 9.84 Å². The molecule has 138 valence electrons. The number of carbonyl (C=O) groups is 1. The van der Waals surface area contributed by atoms with Gasteiger partial charge in [-0.15, -0.1) is 0 Å². The Morgan fingerprint density at radius 1 is 0.926 bits per heavy atom. The molecule has 0 amide bonds. The van der Waals surface area contributed by atoms with Crippen LogP contribution in [0, 0.1) is 0 Å². The molecule has 1 N–H and O–H groups in total. The van der Waals surface area contributed by atoms with E-state index in [1.165, 1.54) is 0 Å². The Balaban J connectivity index is 1.78. The van der Waals surface area contributed by atoms with E-state index >= 15 is 0 Å². The number of rotatable bonds is 7. The first-order chi connectivity index (χ1) is 13.0. The van der Waals surface area contributed by atoms with Crippen LogP contribution in [-0.4, -0.2) is 11.1 Å². The van der Waals surface area contributed by atoms with E-state index in [0.29, 0.717) is 17.0 Å². The number of hydrogen-bond donors (Lipinski definition) is 1. The molecule has 0 saturated carbocycles. The molecule has 0 fully saturated rings. The molecule has 0 heterocycles. The van der Waals surface area contributed by atoms with Crippen LogP contribution in [0.5, 0.6) is 0 Å². The second-order valence-corrected chi connectivity index (χ2v) is 6.78. The number of hydrogen-bond acceptors (Lipinski definition) is 2. The molecule has 0 spiro atoms. The number of carboxylic acids is 1. The predicted octanol–water partition coefficient (Wildman–Crippen LogP) is 5.91. The van der Waals surface area contributed by atoms with Gasteiger partial charge in [0.15, 0.2) is 5.60 Å². The lowest BCUT2D eigenvalue weighted by atomic mass is 9.91. The van der Waals surface area contributed by atoms with Crippen molar-refractivity contribution in [2.45, 2.75) is 25.6 Å². The first-order valence-corrected chi connectivity index (χ1v) is 9.21. The van der Waals surface area contributed by atoms with Gasteiger partial charge in [0.1, 0.15) is 0 Å². The summed E-state index contributed by atoms with van der Waals surface area (Å²) in [6.45, 7) is 2.04. The fraction of sp³-hybridized carbons (Fsp3) is 0.174. The molecule has 1 unspecified atom stereocenters. The van der Waals surface area contributed by atoms with Crippen LogP contribution < -0.4 is 0 Å². The van der Waals surface area contributed by atoms with E-state index in [1.807, 2.05) is 73.7 Å². The summed E-state index contributed by atoms with van der Waals surface area (Å²) in [6, 6.07) is 24.7. The fourth-order valence-electron chi connectivity index (χ4n) is 3.08. The standard InChI is InChI=1S/C23H21ClO3/c1-2-23(22(25)26,20-6-4-3-5-7-20)27-16-17-8-10-18(11-9-17)19-12-14-21(24)15-13-19/h3-15H,2,16H2,1H3,(H,25,26). The first kappa shape index (κ1) is 19.2. The van der Waals surface area contributed by atoms with Crippen molar-refractivity contribution < 1.29 is 14.6 Å². The number of benzene rings is 3. The highest BCUT2D eigenvalue weighted by Gasteiger charge is 2.39. The third-order valence-electron chi connectivity index (χ3n) is 4.70. The SMILES string of the molecule is CCC(OCc1ccc(-c2ccc(Cl)cc2)cc1)(C(=O)O)c1ccccc1. The van der Waals surface area contributed by atoms with E-state index in [4.69, 9.17) is 16.3 Å². The Morgan fingerprint density at radius 2 is 1.48 bits per heavy atom. The second kappa shape index (κ2) is 8.38. The van der Waals surface area contributed by atoms with Gasteiger partial charge in [0.2, 0.25) is 0 Å². The van der Waals surface area contributed by atoms with Gasteiger partial charge in [0.05, 0.1) is 6.61 Å². The van der Waals surface area contributed by atoms with Gasteiger partial charge in [0, 0.05) is 5.02 Å². The molecular formula is C23H21ClO3. The Labute approximate surface area is 164 Å². The van der Waals surface area contributed by atoms with E-state index in [9.17, 15) is 9.90 Å². The van der Waals surface area contributed by atoms with Crippen LogP contribution in [0.3, 0.4) is 0 Å². The van der Waals surface area contributed by atoms with Crippen molar-refractivity contribution in [1.82, 2.24) is 0 Å². The van der Waals surface area contributed by atoms with Gasteiger partial charge >= 0.3 is 5.97 Å². The Morgan fingerprint density at radius 3 is 2.00 bits per heavy atom. The lowest BCUT2D eigenvalue weighted by Crippen LogP contribution is -2.38. The molecule has 4 heteroatoms. The maximum atomic E-state index is 12.0. The third kappa shape index (κ3) is 4.21. The smallest absolute Gasteiger partial charge is 0.340 e. The Kier molecular flexibility index (Phi) is 5.94. The number of aliphatic carboxylic acids is 1. The fourth-order valence-corrected chi connectivity index (χ4v) is 3.20. The number of halogens is 1. The van der Waals surface area contributed by atoms with Crippen LogP contribution >= 0.6 is 11.6 Å². The molecule has 3 nitrogen and oxygen atoms in total. The van der Waals surface area contributed by atoms with Crippen molar-refractivity contribution in [1.29, 1.82) is 0 Å². The van der Waals surface area contributed by atoms with Crippen LogP contribution in [-0.2, 0) is 21.7 Å². The molecule has 0 aliphatic rings. The normalized spacial score (nSPS) is 13.1. The van der Waals surface area contributed by atoms with E-state index in [1.54, 1.807) is 12.1 Å². The van der Waals surface area contributed by atoms with Crippen molar-refractivity contribution in [3.8, 4) is 11.1 Å². The van der Waals surface area contributed by atoms with Gasteiger partial charge in [-0.25, -0.2) is 4.79 Å². The molecule has 0 bridgehead atoms. The molecule has 0 radical (unpaired) electrons. The Hall–Kier alpha value is -2.62. The monoisotopic (exact) mass is 380 g/mol. The molecular weight excluding hydrogens is 360 g/mol. The molecule has 3 aromatic rings. The van der Waals surface area contributed by atoms with Crippen molar-refractivity contribution >= 4 is 17.6 Å². The van der Waals surface area contributed by atoms with Crippen molar-refractivity contribution in [2.75, 3.05) is 0 Å². The van der Waals surface area contributed by atoms with E-state index in [-0.39, 0.29) is 6.61 Å². The predicted molar refractivity (Wildman–Crippen MR) is 108 cm³/mol. The van der Waals surface area contributed by atoms with Crippen LogP contribution in [0.1, 0.15) is 24.5 Å². The van der Waals surface area contributed by atoms with E-state index in [2.05, 4.69) is 0 Å². The summed E-state index contributed by atoms with van der Waals surface area (Å²) in [6.07, 6.45) is 0.342. The average molecular weight is 381 g/mol. The van der Waals surface area contributed by atoms with Crippen LogP contribution in [0.25, 0.3) is 11.1 Å². The highest BCUT2D eigenvalue weighted by Crippen LogP contribution is 2.31. The maximum absolute atomic E-state index is 12.0. The van der Waals surface area contributed by atoms with Crippen LogP contribution in [0.4, 0.5) is 0 Å². The van der Waals surface area contributed by atoms with Gasteiger partial charge in [0.25, 0.3) is 0 Å². The minimum absolute atomic E-state index is 0.218. The third-order valence-corrected chi connectivity index (χ3v) is 4.95.